The van der Waals surface area contributed by atoms with Gasteiger partial charge in [-0.2, -0.15) is 0 Å². The molecule has 2 heterocycles. The maximum atomic E-state index is 12.9. The van der Waals surface area contributed by atoms with Crippen LogP contribution in [0, 0.1) is 18.8 Å². The van der Waals surface area contributed by atoms with E-state index in [1.807, 2.05) is 26.0 Å². The molecule has 0 saturated heterocycles. The van der Waals surface area contributed by atoms with E-state index in [2.05, 4.69) is 15.0 Å². The summed E-state index contributed by atoms with van der Waals surface area (Å²) < 4.78 is 28.6. The Morgan fingerprint density at radius 2 is 1.85 bits per heavy atom. The molecule has 4 rings (SSSR count). The van der Waals surface area contributed by atoms with E-state index in [4.69, 9.17) is 0 Å². The average Bonchev–Trinajstić information content (AvgIpc) is 3.13. The lowest BCUT2D eigenvalue weighted by atomic mass is 9.81. The molecule has 1 fully saturated rings. The summed E-state index contributed by atoms with van der Waals surface area (Å²) in [5.74, 6) is 0.607. The number of nitrogens with one attached hydrogen (secondary N) is 2. The van der Waals surface area contributed by atoms with Crippen molar-refractivity contribution in [3.8, 4) is 0 Å². The van der Waals surface area contributed by atoms with E-state index in [1.54, 1.807) is 29.2 Å². The lowest BCUT2D eigenvalue weighted by molar-refractivity contribution is -0.121. The molecule has 8 nitrogen and oxygen atoms in total. The van der Waals surface area contributed by atoms with Crippen molar-refractivity contribution in [2.24, 2.45) is 11.8 Å². The van der Waals surface area contributed by atoms with Gasteiger partial charge in [0, 0.05) is 36.8 Å². The summed E-state index contributed by atoms with van der Waals surface area (Å²) in [7, 11) is -3.65. The summed E-state index contributed by atoms with van der Waals surface area (Å²) >= 11 is 0. The minimum absolute atomic E-state index is 0.0208. The van der Waals surface area contributed by atoms with E-state index < -0.39 is 10.0 Å². The zero-order valence-corrected chi connectivity index (χ0v) is 20.7. The second-order valence-corrected chi connectivity index (χ2v) is 11.2. The number of aryl methyl sites for hydroxylation is 1. The summed E-state index contributed by atoms with van der Waals surface area (Å²) in [6.07, 6.45) is 3.67. The molecule has 0 spiro atoms. The average molecular weight is 485 g/mol. The van der Waals surface area contributed by atoms with Crippen LogP contribution in [0.25, 0.3) is 0 Å². The molecular weight excluding hydrogens is 452 g/mol. The molecule has 2 aliphatic rings. The highest BCUT2D eigenvalue weighted by Gasteiger charge is 2.31. The van der Waals surface area contributed by atoms with Gasteiger partial charge in [-0.25, -0.2) is 18.1 Å². The Labute approximate surface area is 201 Å². The Balaban J connectivity index is 1.30. The Kier molecular flexibility index (Phi) is 7.04. The number of carbonyl (C=O) groups excluding carboxylic acids is 2. The number of amides is 2. The third kappa shape index (κ3) is 5.31. The molecule has 0 bridgehead atoms. The van der Waals surface area contributed by atoms with Gasteiger partial charge in [0.15, 0.2) is 0 Å². The van der Waals surface area contributed by atoms with Crippen LogP contribution >= 0.6 is 0 Å². The van der Waals surface area contributed by atoms with Gasteiger partial charge in [-0.3, -0.25) is 9.59 Å². The minimum Gasteiger partial charge on any atom is -0.310 e. The van der Waals surface area contributed by atoms with Gasteiger partial charge in [0.05, 0.1) is 4.90 Å². The van der Waals surface area contributed by atoms with Crippen molar-refractivity contribution in [2.75, 3.05) is 16.8 Å². The normalized spacial score (nSPS) is 22.3. The van der Waals surface area contributed by atoms with Gasteiger partial charge in [0.25, 0.3) is 0 Å². The first-order valence-corrected chi connectivity index (χ1v) is 13.3. The van der Waals surface area contributed by atoms with Crippen LogP contribution in [0.4, 0.5) is 11.5 Å². The predicted octanol–water partition coefficient (Wildman–Crippen LogP) is 3.41. The van der Waals surface area contributed by atoms with E-state index in [0.717, 1.165) is 42.6 Å². The van der Waals surface area contributed by atoms with Crippen LogP contribution in [-0.2, 0) is 26.0 Å². The lowest BCUT2D eigenvalue weighted by Gasteiger charge is -2.27. The van der Waals surface area contributed by atoms with Crippen molar-refractivity contribution in [1.82, 2.24) is 9.71 Å². The molecule has 34 heavy (non-hydrogen) atoms. The van der Waals surface area contributed by atoms with Crippen molar-refractivity contribution < 1.29 is 18.0 Å². The highest BCUT2D eigenvalue weighted by Crippen LogP contribution is 2.34. The number of anilines is 2. The molecule has 1 saturated carbocycles. The smallest absolute Gasteiger partial charge is 0.240 e. The topological polar surface area (TPSA) is 108 Å². The highest BCUT2D eigenvalue weighted by molar-refractivity contribution is 7.89. The van der Waals surface area contributed by atoms with Gasteiger partial charge in [-0.1, -0.05) is 6.07 Å². The molecule has 2 amide bonds. The summed E-state index contributed by atoms with van der Waals surface area (Å²) in [4.78, 5) is 30.8. The fourth-order valence-electron chi connectivity index (χ4n) is 5.04. The van der Waals surface area contributed by atoms with Crippen LogP contribution in [0.2, 0.25) is 0 Å². The van der Waals surface area contributed by atoms with Crippen LogP contribution in [0.3, 0.4) is 0 Å². The van der Waals surface area contributed by atoms with Crippen molar-refractivity contribution in [2.45, 2.75) is 63.8 Å². The number of carbonyl (C=O) groups is 2. The zero-order chi connectivity index (χ0) is 24.5. The van der Waals surface area contributed by atoms with E-state index in [0.29, 0.717) is 18.8 Å². The van der Waals surface area contributed by atoms with E-state index in [1.165, 1.54) is 6.92 Å². The van der Waals surface area contributed by atoms with Gasteiger partial charge in [-0.15, -0.1) is 0 Å². The van der Waals surface area contributed by atoms with Gasteiger partial charge in [0.1, 0.15) is 5.82 Å². The Morgan fingerprint density at radius 3 is 2.53 bits per heavy atom. The predicted molar refractivity (Wildman–Crippen MR) is 131 cm³/mol. The van der Waals surface area contributed by atoms with Gasteiger partial charge in [-0.05, 0) is 87.8 Å². The first-order chi connectivity index (χ1) is 16.1. The lowest BCUT2D eigenvalue weighted by Crippen LogP contribution is -2.34. The van der Waals surface area contributed by atoms with Gasteiger partial charge >= 0.3 is 0 Å². The molecule has 1 aliphatic carbocycles. The number of hydrogen-bond acceptors (Lipinski definition) is 5. The fraction of sp³-hybridized carbons (Fsp3) is 0.480. The van der Waals surface area contributed by atoms with Crippen molar-refractivity contribution in [1.29, 1.82) is 0 Å². The highest BCUT2D eigenvalue weighted by atomic mass is 32.2. The number of fused-ring (bicyclic) bond motifs is 1. The van der Waals surface area contributed by atoms with Crippen molar-refractivity contribution in [3.05, 3.63) is 47.7 Å². The number of rotatable bonds is 6. The maximum Gasteiger partial charge on any atom is 0.240 e. The molecule has 0 radical (unpaired) electrons. The van der Waals surface area contributed by atoms with Crippen LogP contribution in [0.15, 0.2) is 41.3 Å². The number of aromatic nitrogens is 1. The number of hydrogen-bond donors (Lipinski definition) is 2. The zero-order valence-electron chi connectivity index (χ0n) is 19.9. The quantitative estimate of drug-likeness (QED) is 0.653. The van der Waals surface area contributed by atoms with Crippen molar-refractivity contribution in [3.63, 3.8) is 0 Å². The SMILES string of the molecule is CC(=O)N1c2ccc(S(=O)(=O)NCC3CCC(C(=O)Nc4cccc(C)n4)CC3)cc2C[C@H]1C. The molecule has 1 aliphatic heterocycles. The second-order valence-electron chi connectivity index (χ2n) is 9.46. The fourth-order valence-corrected chi connectivity index (χ4v) is 6.20. The summed E-state index contributed by atoms with van der Waals surface area (Å²) in [6, 6.07) is 10.5. The molecule has 182 valence electrons. The molecular formula is C25H32N4O4S. The van der Waals surface area contributed by atoms with E-state index >= 15 is 0 Å². The molecule has 9 heteroatoms. The molecule has 2 aromatic rings. The summed E-state index contributed by atoms with van der Waals surface area (Å²) in [5, 5.41) is 2.89. The van der Waals surface area contributed by atoms with Crippen LogP contribution in [0.1, 0.15) is 50.8 Å². The molecule has 0 unspecified atom stereocenters. The van der Waals surface area contributed by atoms with Gasteiger partial charge < -0.3 is 10.2 Å². The monoisotopic (exact) mass is 484 g/mol. The summed E-state index contributed by atoms with van der Waals surface area (Å²) in [5.41, 5.74) is 2.51. The second kappa shape index (κ2) is 9.84. The first kappa shape index (κ1) is 24.3. The maximum absolute atomic E-state index is 12.9. The third-order valence-electron chi connectivity index (χ3n) is 6.84. The van der Waals surface area contributed by atoms with Crippen LogP contribution in [0.5, 0.6) is 0 Å². The molecule has 1 aromatic heterocycles. The third-order valence-corrected chi connectivity index (χ3v) is 8.26. The summed E-state index contributed by atoms with van der Waals surface area (Å²) in [6.45, 7) is 5.71. The Bertz CT molecular complexity index is 1190. The molecule has 1 aromatic carbocycles. The van der Waals surface area contributed by atoms with E-state index in [9.17, 15) is 18.0 Å². The van der Waals surface area contributed by atoms with Crippen LogP contribution < -0.4 is 14.9 Å². The number of sulfonamides is 1. The first-order valence-electron chi connectivity index (χ1n) is 11.8. The number of pyridine rings is 1. The Hall–Kier alpha value is -2.78. The molecule has 1 atom stereocenters. The van der Waals surface area contributed by atoms with Crippen LogP contribution in [-0.4, -0.2) is 37.8 Å². The standard InChI is InChI=1S/C25H32N4O4S/c1-16-5-4-6-24(27-16)28-25(31)20-9-7-19(8-10-20)15-26-34(32,33)22-11-12-23-21(14-22)13-17(2)29(23)18(3)30/h4-6,11-12,14,17,19-20,26H,7-10,13,15H2,1-3H3,(H,27,28,31)/t17-,19?,20?/m1/s1. The minimum atomic E-state index is -3.65. The number of nitrogens with zero attached hydrogens (tertiary/aromatic N) is 2. The number of benzene rings is 1. The van der Waals surface area contributed by atoms with E-state index in [-0.39, 0.29) is 34.6 Å². The largest absolute Gasteiger partial charge is 0.310 e. The van der Waals surface area contributed by atoms with Gasteiger partial charge in [0.2, 0.25) is 21.8 Å². The molecule has 2 N–H and O–H groups in total. The Morgan fingerprint density at radius 1 is 1.12 bits per heavy atom. The van der Waals surface area contributed by atoms with Crippen molar-refractivity contribution >= 4 is 33.3 Å².